The van der Waals surface area contributed by atoms with Crippen LogP contribution in [0.5, 0.6) is 0 Å². The van der Waals surface area contributed by atoms with E-state index in [4.69, 9.17) is 11.6 Å². The standard InChI is InChI=1S/C14H14ClNO3/c1-3-8(2)11(12(15)17)16-13(18)9-6-4-5-7-10(9)14(16)19/h4-8,11H,3H2,1-2H3/t8-,11?/m0/s1. The van der Waals surface area contributed by atoms with E-state index in [1.807, 2.05) is 6.92 Å². The van der Waals surface area contributed by atoms with E-state index >= 15 is 0 Å². The fourth-order valence-electron chi connectivity index (χ4n) is 2.26. The summed E-state index contributed by atoms with van der Waals surface area (Å²) in [7, 11) is 0. The van der Waals surface area contributed by atoms with Crippen molar-refractivity contribution in [1.82, 2.24) is 4.90 Å². The Morgan fingerprint density at radius 3 is 2.05 bits per heavy atom. The lowest BCUT2D eigenvalue weighted by Gasteiger charge is -2.27. The molecule has 1 aliphatic heterocycles. The summed E-state index contributed by atoms with van der Waals surface area (Å²) in [6.07, 6.45) is 0.649. The van der Waals surface area contributed by atoms with E-state index in [1.54, 1.807) is 31.2 Å². The van der Waals surface area contributed by atoms with E-state index in [-0.39, 0.29) is 5.92 Å². The first-order chi connectivity index (χ1) is 8.99. The average Bonchev–Trinajstić information content (AvgIpc) is 2.64. The lowest BCUT2D eigenvalue weighted by atomic mass is 9.99. The van der Waals surface area contributed by atoms with Gasteiger partial charge in [0.2, 0.25) is 5.24 Å². The number of halogens is 1. The van der Waals surface area contributed by atoms with Crippen molar-refractivity contribution in [2.24, 2.45) is 5.92 Å². The van der Waals surface area contributed by atoms with Gasteiger partial charge in [-0.2, -0.15) is 0 Å². The molecule has 0 spiro atoms. The smallest absolute Gasteiger partial charge is 0.262 e. The minimum atomic E-state index is -0.904. The van der Waals surface area contributed by atoms with Crippen molar-refractivity contribution in [1.29, 1.82) is 0 Å². The fourth-order valence-corrected chi connectivity index (χ4v) is 2.58. The van der Waals surface area contributed by atoms with Gasteiger partial charge in [0.15, 0.2) is 0 Å². The van der Waals surface area contributed by atoms with Crippen molar-refractivity contribution in [3.63, 3.8) is 0 Å². The number of carbonyl (C=O) groups excluding carboxylic acids is 3. The van der Waals surface area contributed by atoms with E-state index < -0.39 is 23.1 Å². The maximum Gasteiger partial charge on any atom is 0.262 e. The van der Waals surface area contributed by atoms with Gasteiger partial charge in [0.1, 0.15) is 6.04 Å². The van der Waals surface area contributed by atoms with Crippen LogP contribution in [0.3, 0.4) is 0 Å². The van der Waals surface area contributed by atoms with Crippen molar-refractivity contribution in [2.45, 2.75) is 26.3 Å². The summed E-state index contributed by atoms with van der Waals surface area (Å²) in [5, 5.41) is -0.677. The normalized spacial score (nSPS) is 17.3. The quantitative estimate of drug-likeness (QED) is 0.628. The molecule has 0 radical (unpaired) electrons. The Morgan fingerprint density at radius 2 is 1.68 bits per heavy atom. The molecule has 0 fully saturated rings. The van der Waals surface area contributed by atoms with Crippen LogP contribution < -0.4 is 0 Å². The highest BCUT2D eigenvalue weighted by atomic mass is 35.5. The molecule has 1 aromatic rings. The third kappa shape index (κ3) is 2.16. The van der Waals surface area contributed by atoms with Crippen molar-refractivity contribution < 1.29 is 14.4 Å². The summed E-state index contributed by atoms with van der Waals surface area (Å²) in [4.78, 5) is 37.1. The molecule has 2 atom stereocenters. The number of imide groups is 1. The molecule has 0 aromatic heterocycles. The SMILES string of the molecule is CC[C@H](C)C(C(=O)Cl)N1C(=O)c2ccccc2C1=O. The molecule has 1 aliphatic rings. The molecule has 0 aliphatic carbocycles. The molecule has 0 N–H and O–H groups in total. The molecule has 1 unspecified atom stereocenters. The van der Waals surface area contributed by atoms with Crippen molar-refractivity contribution >= 4 is 28.7 Å². The first kappa shape index (κ1) is 13.7. The van der Waals surface area contributed by atoms with Gasteiger partial charge in [0.05, 0.1) is 11.1 Å². The number of hydrogen-bond donors (Lipinski definition) is 0. The molecule has 1 heterocycles. The monoisotopic (exact) mass is 279 g/mol. The van der Waals surface area contributed by atoms with Gasteiger partial charge in [0.25, 0.3) is 11.8 Å². The highest BCUT2D eigenvalue weighted by Gasteiger charge is 2.43. The first-order valence-corrected chi connectivity index (χ1v) is 6.53. The van der Waals surface area contributed by atoms with Gasteiger partial charge in [-0.15, -0.1) is 0 Å². The first-order valence-electron chi connectivity index (χ1n) is 6.15. The summed E-state index contributed by atoms with van der Waals surface area (Å²) in [5.41, 5.74) is 0.664. The van der Waals surface area contributed by atoms with Crippen LogP contribution >= 0.6 is 11.6 Å². The number of hydrogen-bond acceptors (Lipinski definition) is 3. The highest BCUT2D eigenvalue weighted by Crippen LogP contribution is 2.28. The molecule has 100 valence electrons. The van der Waals surface area contributed by atoms with E-state index in [9.17, 15) is 14.4 Å². The largest absolute Gasteiger partial charge is 0.279 e. The van der Waals surface area contributed by atoms with Gasteiger partial charge in [-0.25, -0.2) is 0 Å². The number of amides is 2. The minimum Gasteiger partial charge on any atom is -0.279 e. The van der Waals surface area contributed by atoms with Crippen molar-refractivity contribution in [3.05, 3.63) is 35.4 Å². The maximum absolute atomic E-state index is 12.3. The third-order valence-electron chi connectivity index (χ3n) is 3.52. The molecule has 19 heavy (non-hydrogen) atoms. The van der Waals surface area contributed by atoms with Crippen LogP contribution in [0, 0.1) is 5.92 Å². The van der Waals surface area contributed by atoms with E-state index in [2.05, 4.69) is 0 Å². The lowest BCUT2D eigenvalue weighted by Crippen LogP contribution is -2.47. The zero-order valence-corrected chi connectivity index (χ0v) is 11.5. The second-order valence-corrected chi connectivity index (χ2v) is 5.03. The van der Waals surface area contributed by atoms with Crippen LogP contribution in [0.1, 0.15) is 41.0 Å². The Labute approximate surface area is 116 Å². The minimum absolute atomic E-state index is 0.174. The third-order valence-corrected chi connectivity index (χ3v) is 3.74. The molecule has 0 saturated carbocycles. The lowest BCUT2D eigenvalue weighted by molar-refractivity contribution is -0.116. The number of carbonyl (C=O) groups is 3. The molecule has 0 saturated heterocycles. The second-order valence-electron chi connectivity index (χ2n) is 4.66. The van der Waals surface area contributed by atoms with Crippen molar-refractivity contribution in [3.8, 4) is 0 Å². The number of fused-ring (bicyclic) bond motifs is 1. The van der Waals surface area contributed by atoms with Crippen molar-refractivity contribution in [2.75, 3.05) is 0 Å². The zero-order valence-electron chi connectivity index (χ0n) is 10.7. The van der Waals surface area contributed by atoms with Gasteiger partial charge in [-0.3, -0.25) is 19.3 Å². The molecule has 5 heteroatoms. The molecule has 2 amide bonds. The van der Waals surface area contributed by atoms with Crippen LogP contribution in [-0.2, 0) is 4.79 Å². The summed E-state index contributed by atoms with van der Waals surface area (Å²) < 4.78 is 0. The topological polar surface area (TPSA) is 54.5 Å². The summed E-state index contributed by atoms with van der Waals surface area (Å²) in [6.45, 7) is 3.68. The molecule has 0 bridgehead atoms. The van der Waals surface area contributed by atoms with Crippen LogP contribution in [0.25, 0.3) is 0 Å². The van der Waals surface area contributed by atoms with Crippen LogP contribution in [0.15, 0.2) is 24.3 Å². The molecule has 1 aromatic carbocycles. The molecular weight excluding hydrogens is 266 g/mol. The Morgan fingerprint density at radius 1 is 1.21 bits per heavy atom. The van der Waals surface area contributed by atoms with Gasteiger partial charge < -0.3 is 0 Å². The Balaban J connectivity index is 2.45. The van der Waals surface area contributed by atoms with Gasteiger partial charge >= 0.3 is 0 Å². The Bertz CT molecular complexity index is 520. The van der Waals surface area contributed by atoms with E-state index in [0.717, 1.165) is 4.90 Å². The summed E-state index contributed by atoms with van der Waals surface area (Å²) in [6, 6.07) is 5.64. The van der Waals surface area contributed by atoms with E-state index in [0.29, 0.717) is 17.5 Å². The van der Waals surface area contributed by atoms with Crippen LogP contribution in [0.2, 0.25) is 0 Å². The van der Waals surface area contributed by atoms with Gasteiger partial charge in [0, 0.05) is 0 Å². The second kappa shape index (κ2) is 5.13. The predicted molar refractivity (Wildman–Crippen MR) is 71.0 cm³/mol. The molecular formula is C14H14ClNO3. The number of rotatable bonds is 4. The zero-order chi connectivity index (χ0) is 14.2. The average molecular weight is 280 g/mol. The fraction of sp³-hybridized carbons (Fsp3) is 0.357. The molecule has 4 nitrogen and oxygen atoms in total. The summed E-state index contributed by atoms with van der Waals surface area (Å²) in [5.74, 6) is -1.06. The Hall–Kier alpha value is -1.68. The number of benzene rings is 1. The predicted octanol–water partition coefficient (Wildman–Crippen LogP) is 2.46. The van der Waals surface area contributed by atoms with Crippen LogP contribution in [0.4, 0.5) is 0 Å². The van der Waals surface area contributed by atoms with Crippen LogP contribution in [-0.4, -0.2) is 28.0 Å². The van der Waals surface area contributed by atoms with Gasteiger partial charge in [-0.05, 0) is 29.7 Å². The number of nitrogens with zero attached hydrogens (tertiary/aromatic N) is 1. The maximum atomic E-state index is 12.3. The van der Waals surface area contributed by atoms with E-state index in [1.165, 1.54) is 0 Å². The Kier molecular flexibility index (Phi) is 3.71. The van der Waals surface area contributed by atoms with Gasteiger partial charge in [-0.1, -0.05) is 32.4 Å². The summed E-state index contributed by atoms with van der Waals surface area (Å²) >= 11 is 5.59. The molecule has 2 rings (SSSR count). The highest BCUT2D eigenvalue weighted by molar-refractivity contribution is 6.65.